The molecular weight excluding hydrogens is 530 g/mol. The zero-order chi connectivity index (χ0) is 29.6. The lowest BCUT2D eigenvalue weighted by Crippen LogP contribution is -2.67. The van der Waals surface area contributed by atoms with Gasteiger partial charge in [0.25, 0.3) is 0 Å². The van der Waals surface area contributed by atoms with Crippen molar-refractivity contribution in [2.24, 2.45) is 0 Å². The number of fused-ring (bicyclic) bond motifs is 1. The van der Waals surface area contributed by atoms with Crippen molar-refractivity contribution in [3.8, 4) is 17.8 Å². The molecule has 224 valence electrons. The van der Waals surface area contributed by atoms with Crippen LogP contribution in [0.2, 0.25) is 0 Å². The van der Waals surface area contributed by atoms with Gasteiger partial charge in [-0.3, -0.25) is 14.6 Å². The lowest BCUT2D eigenvalue weighted by molar-refractivity contribution is -0.134. The maximum atomic E-state index is 12.5. The second kappa shape index (κ2) is 13.5. The molecule has 2 fully saturated rings. The van der Waals surface area contributed by atoms with Gasteiger partial charge in [0, 0.05) is 64.2 Å². The number of amides is 1. The van der Waals surface area contributed by atoms with Crippen LogP contribution in [0, 0.1) is 0 Å². The van der Waals surface area contributed by atoms with E-state index in [1.807, 2.05) is 25.7 Å². The molecule has 2 aromatic carbocycles. The molecule has 2 saturated heterocycles. The predicted molar refractivity (Wildman–Crippen MR) is 162 cm³/mol. The van der Waals surface area contributed by atoms with Crippen LogP contribution in [0.4, 0.5) is 0 Å². The third-order valence-corrected chi connectivity index (χ3v) is 8.12. The molecule has 0 radical (unpaired) electrons. The minimum absolute atomic E-state index is 0.0783. The van der Waals surface area contributed by atoms with Crippen LogP contribution in [0.3, 0.4) is 0 Å². The van der Waals surface area contributed by atoms with Gasteiger partial charge >= 0.3 is 6.01 Å². The van der Waals surface area contributed by atoms with Crippen molar-refractivity contribution < 1.29 is 19.0 Å². The number of methoxy groups -OCH3 is 1. The highest BCUT2D eigenvalue weighted by Crippen LogP contribution is 2.37. The van der Waals surface area contributed by atoms with Crippen molar-refractivity contribution in [3.05, 3.63) is 77.4 Å². The number of ether oxygens (including phenoxy) is 3. The molecule has 0 N–H and O–H groups in total. The van der Waals surface area contributed by atoms with Gasteiger partial charge in [-0.05, 0) is 31.9 Å². The monoisotopic (exact) mass is 573 g/mol. The number of rotatable bonds is 10. The molecule has 42 heavy (non-hydrogen) atoms. The highest BCUT2D eigenvalue weighted by Gasteiger charge is 2.43. The molecule has 0 bridgehead atoms. The van der Waals surface area contributed by atoms with Gasteiger partial charge in [-0.1, -0.05) is 60.7 Å². The molecule has 1 unspecified atom stereocenters. The molecule has 0 saturated carbocycles. The Morgan fingerprint density at radius 1 is 0.929 bits per heavy atom. The summed E-state index contributed by atoms with van der Waals surface area (Å²) in [6.45, 7) is 12.4. The van der Waals surface area contributed by atoms with Gasteiger partial charge in [0.2, 0.25) is 17.7 Å². The molecule has 0 aliphatic carbocycles. The first-order valence-corrected chi connectivity index (χ1v) is 15.0. The van der Waals surface area contributed by atoms with E-state index in [2.05, 4.69) is 80.4 Å². The molecular formula is C33H43N5O4. The Hall–Kier alpha value is -3.69. The van der Waals surface area contributed by atoms with Crippen molar-refractivity contribution in [1.29, 1.82) is 0 Å². The van der Waals surface area contributed by atoms with E-state index in [1.54, 1.807) is 14.0 Å². The first-order chi connectivity index (χ1) is 20.4. The predicted octanol–water partition coefficient (Wildman–Crippen LogP) is 4.22. The summed E-state index contributed by atoms with van der Waals surface area (Å²) in [5.41, 5.74) is 3.38. The van der Waals surface area contributed by atoms with Crippen LogP contribution < -0.4 is 14.2 Å². The van der Waals surface area contributed by atoms with Crippen LogP contribution in [0.1, 0.15) is 50.3 Å². The normalized spacial score (nSPS) is 19.5. The van der Waals surface area contributed by atoms with E-state index in [4.69, 9.17) is 14.2 Å². The molecule has 2 atom stereocenters. The number of piperazine rings is 2. The van der Waals surface area contributed by atoms with Gasteiger partial charge in [0.15, 0.2) is 0 Å². The van der Waals surface area contributed by atoms with Crippen LogP contribution in [0.25, 0.3) is 0 Å². The number of hydrogen-bond donors (Lipinski definition) is 0. The number of carbonyl (C=O) groups is 1. The average molecular weight is 574 g/mol. The van der Waals surface area contributed by atoms with E-state index in [0.29, 0.717) is 31.5 Å². The number of carbonyl (C=O) groups excluding carboxylic acids is 1. The minimum Gasteiger partial charge on any atom is -0.481 e. The average Bonchev–Trinajstić information content (AvgIpc) is 2.99. The van der Waals surface area contributed by atoms with Gasteiger partial charge in [-0.2, -0.15) is 9.97 Å². The third kappa shape index (κ3) is 6.68. The van der Waals surface area contributed by atoms with Gasteiger partial charge in [0.1, 0.15) is 0 Å². The smallest absolute Gasteiger partial charge is 0.323 e. The van der Waals surface area contributed by atoms with Crippen molar-refractivity contribution >= 4 is 5.91 Å². The number of benzene rings is 2. The van der Waals surface area contributed by atoms with Crippen molar-refractivity contribution in [2.75, 3.05) is 46.4 Å². The summed E-state index contributed by atoms with van der Waals surface area (Å²) in [6, 6.07) is 22.2. The summed E-state index contributed by atoms with van der Waals surface area (Å²) in [5, 5.41) is 0. The van der Waals surface area contributed by atoms with E-state index in [1.165, 1.54) is 11.1 Å². The standard InChI is InChI=1S/C33H43N5O4/c1-6-41-33-34-31(40-5)28(32(35-33)42-23(2)3)21-36-19-27-20-37(24(4)39)17-18-38(27)29(22-36)30(25-13-9-7-10-14-25)26-15-11-8-12-16-26/h7-16,23,27,29-30H,6,17-22H2,1-5H3/t27-,29?/m1/s1. The van der Waals surface area contributed by atoms with Gasteiger partial charge in [-0.15, -0.1) is 0 Å². The Balaban J connectivity index is 1.54. The van der Waals surface area contributed by atoms with Crippen molar-refractivity contribution in [2.45, 2.75) is 58.3 Å². The Bertz CT molecular complexity index is 1280. The summed E-state index contributed by atoms with van der Waals surface area (Å²) >= 11 is 0. The fourth-order valence-corrected chi connectivity index (χ4v) is 6.35. The lowest BCUT2D eigenvalue weighted by atomic mass is 9.81. The van der Waals surface area contributed by atoms with E-state index >= 15 is 0 Å². The molecule has 5 rings (SSSR count). The quantitative estimate of drug-likeness (QED) is 0.357. The molecule has 2 aliphatic rings. The first kappa shape index (κ1) is 29.8. The molecule has 2 aliphatic heterocycles. The molecule has 1 amide bonds. The van der Waals surface area contributed by atoms with Crippen LogP contribution in [-0.2, 0) is 11.3 Å². The van der Waals surface area contributed by atoms with Crippen LogP contribution >= 0.6 is 0 Å². The van der Waals surface area contributed by atoms with Crippen molar-refractivity contribution in [3.63, 3.8) is 0 Å². The first-order valence-electron chi connectivity index (χ1n) is 15.0. The van der Waals surface area contributed by atoms with Gasteiger partial charge in [-0.25, -0.2) is 0 Å². The van der Waals surface area contributed by atoms with Crippen LogP contribution in [-0.4, -0.2) is 95.2 Å². The van der Waals surface area contributed by atoms with Gasteiger partial charge in [0.05, 0.1) is 25.4 Å². The Labute approximate surface area is 249 Å². The van der Waals surface area contributed by atoms with Gasteiger partial charge < -0.3 is 19.1 Å². The SMILES string of the molecule is CCOc1nc(OC)c(CN2CC(C(c3ccccc3)c3ccccc3)N3CCN(C(C)=O)C[C@H]3C2)c(OC(C)C)n1. The third-order valence-electron chi connectivity index (χ3n) is 8.12. The van der Waals surface area contributed by atoms with Crippen LogP contribution in [0.5, 0.6) is 17.8 Å². The minimum atomic E-state index is -0.0783. The summed E-state index contributed by atoms with van der Waals surface area (Å²) in [4.78, 5) is 28.7. The fraction of sp³-hybridized carbons (Fsp3) is 0.485. The summed E-state index contributed by atoms with van der Waals surface area (Å²) in [6.07, 6.45) is -0.0783. The Morgan fingerprint density at radius 3 is 2.14 bits per heavy atom. The van der Waals surface area contributed by atoms with Crippen molar-refractivity contribution in [1.82, 2.24) is 24.7 Å². The maximum Gasteiger partial charge on any atom is 0.323 e. The van der Waals surface area contributed by atoms with E-state index in [9.17, 15) is 4.79 Å². The molecule has 1 aromatic heterocycles. The maximum absolute atomic E-state index is 12.5. The summed E-state index contributed by atoms with van der Waals surface area (Å²) < 4.78 is 17.6. The highest BCUT2D eigenvalue weighted by atomic mass is 16.5. The topological polar surface area (TPSA) is 80.3 Å². The molecule has 3 heterocycles. The largest absolute Gasteiger partial charge is 0.481 e. The molecule has 9 nitrogen and oxygen atoms in total. The molecule has 3 aromatic rings. The number of aromatic nitrogens is 2. The number of hydrogen-bond acceptors (Lipinski definition) is 8. The fourth-order valence-electron chi connectivity index (χ4n) is 6.35. The lowest BCUT2D eigenvalue weighted by Gasteiger charge is -2.53. The van der Waals surface area contributed by atoms with E-state index in [-0.39, 0.29) is 36.0 Å². The zero-order valence-electron chi connectivity index (χ0n) is 25.4. The summed E-state index contributed by atoms with van der Waals surface area (Å²) in [7, 11) is 1.62. The Morgan fingerprint density at radius 2 is 1.57 bits per heavy atom. The second-order valence-corrected chi connectivity index (χ2v) is 11.3. The summed E-state index contributed by atoms with van der Waals surface area (Å²) in [5.74, 6) is 1.22. The molecule has 0 spiro atoms. The highest BCUT2D eigenvalue weighted by molar-refractivity contribution is 5.73. The van der Waals surface area contributed by atoms with E-state index < -0.39 is 0 Å². The zero-order valence-corrected chi connectivity index (χ0v) is 25.4. The van der Waals surface area contributed by atoms with Crippen LogP contribution in [0.15, 0.2) is 60.7 Å². The number of nitrogens with zero attached hydrogens (tertiary/aromatic N) is 5. The Kier molecular flexibility index (Phi) is 9.59. The van der Waals surface area contributed by atoms with E-state index in [0.717, 1.165) is 31.7 Å². The second-order valence-electron chi connectivity index (χ2n) is 11.3. The molecule has 9 heteroatoms.